The van der Waals surface area contributed by atoms with E-state index in [2.05, 4.69) is 20.9 Å². The number of aromatic nitrogens is 1. The number of nitrogens with one attached hydrogen (secondary N) is 3. The number of rotatable bonds is 4. The normalized spacial score (nSPS) is 10.7. The van der Waals surface area contributed by atoms with Gasteiger partial charge in [0.1, 0.15) is 0 Å². The van der Waals surface area contributed by atoms with Crippen LogP contribution in [-0.2, 0) is 0 Å². The maximum atomic E-state index is 12.5. The Morgan fingerprint density at radius 1 is 0.839 bits per heavy atom. The Morgan fingerprint density at radius 3 is 2.39 bits per heavy atom. The molecule has 0 saturated heterocycles. The second kappa shape index (κ2) is 8.57. The van der Waals surface area contributed by atoms with Crippen molar-refractivity contribution < 1.29 is 9.59 Å². The highest BCUT2D eigenvalue weighted by Gasteiger charge is 2.13. The molecule has 3 N–H and O–H groups in total. The fraction of sp³-hybridized carbons (Fsp3) is 0.125. The van der Waals surface area contributed by atoms with E-state index in [4.69, 9.17) is 0 Å². The maximum absolute atomic E-state index is 12.5. The summed E-state index contributed by atoms with van der Waals surface area (Å²) < 4.78 is 0.880. The molecule has 4 aromatic rings. The highest BCUT2D eigenvalue weighted by molar-refractivity contribution is 7.22. The maximum Gasteiger partial charge on any atom is 0.323 e. The number of hydrogen-bond donors (Lipinski definition) is 3. The summed E-state index contributed by atoms with van der Waals surface area (Å²) >= 11 is 1.37. The van der Waals surface area contributed by atoms with Crippen LogP contribution in [0.2, 0.25) is 0 Å². The molecule has 3 amide bonds. The number of aryl methyl sites for hydroxylation is 2. The molecule has 31 heavy (non-hydrogen) atoms. The smallest absolute Gasteiger partial charge is 0.308 e. The van der Waals surface area contributed by atoms with Gasteiger partial charge in [-0.25, -0.2) is 9.78 Å². The Hall–Kier alpha value is -3.71. The molecule has 0 saturated carbocycles. The molecule has 1 aromatic heterocycles. The van der Waals surface area contributed by atoms with E-state index in [1.807, 2.05) is 69.3 Å². The molecule has 0 bridgehead atoms. The first-order valence-electron chi connectivity index (χ1n) is 9.82. The summed E-state index contributed by atoms with van der Waals surface area (Å²) in [5.74, 6) is -0.205. The summed E-state index contributed by atoms with van der Waals surface area (Å²) in [5.41, 5.74) is 5.88. The Labute approximate surface area is 184 Å². The highest BCUT2D eigenvalue weighted by atomic mass is 32.1. The van der Waals surface area contributed by atoms with Gasteiger partial charge >= 0.3 is 6.03 Å². The number of hydrogen-bond acceptors (Lipinski definition) is 4. The van der Waals surface area contributed by atoms with Crippen molar-refractivity contribution in [2.75, 3.05) is 16.0 Å². The Kier molecular flexibility index (Phi) is 5.68. The van der Waals surface area contributed by atoms with Gasteiger partial charge in [0.2, 0.25) is 0 Å². The quantitative estimate of drug-likeness (QED) is 0.365. The van der Waals surface area contributed by atoms with Gasteiger partial charge in [-0.15, -0.1) is 0 Å². The van der Waals surface area contributed by atoms with E-state index >= 15 is 0 Å². The van der Waals surface area contributed by atoms with Gasteiger partial charge < -0.3 is 10.6 Å². The van der Waals surface area contributed by atoms with Gasteiger partial charge in [-0.3, -0.25) is 10.1 Å². The molecule has 0 atom stereocenters. The molecule has 4 rings (SSSR count). The van der Waals surface area contributed by atoms with Crippen LogP contribution in [0, 0.1) is 20.8 Å². The fourth-order valence-corrected chi connectivity index (χ4v) is 4.23. The SMILES string of the molecule is Cc1cccc(NC(=O)Nc2cc(C)c3nc(NC(=O)c4ccccc4)sc3c2)c1C. The van der Waals surface area contributed by atoms with Gasteiger partial charge in [0.15, 0.2) is 5.13 Å². The van der Waals surface area contributed by atoms with Crippen molar-refractivity contribution in [3.8, 4) is 0 Å². The second-order valence-electron chi connectivity index (χ2n) is 7.31. The zero-order chi connectivity index (χ0) is 22.0. The molecule has 3 aromatic carbocycles. The summed E-state index contributed by atoms with van der Waals surface area (Å²) in [6, 6.07) is 18.2. The first kappa shape index (κ1) is 20.6. The van der Waals surface area contributed by atoms with Crippen LogP contribution in [-0.4, -0.2) is 16.9 Å². The van der Waals surface area contributed by atoms with Crippen LogP contribution in [0.15, 0.2) is 60.7 Å². The van der Waals surface area contributed by atoms with Gasteiger partial charge in [-0.1, -0.05) is 41.7 Å². The third-order valence-corrected chi connectivity index (χ3v) is 5.97. The summed E-state index contributed by atoms with van der Waals surface area (Å²) in [7, 11) is 0. The summed E-state index contributed by atoms with van der Waals surface area (Å²) in [4.78, 5) is 29.5. The molecule has 0 spiro atoms. The van der Waals surface area contributed by atoms with Crippen molar-refractivity contribution in [2.45, 2.75) is 20.8 Å². The zero-order valence-corrected chi connectivity index (χ0v) is 18.3. The number of fused-ring (bicyclic) bond motifs is 1. The Balaban J connectivity index is 1.51. The lowest BCUT2D eigenvalue weighted by molar-refractivity contribution is 0.102. The van der Waals surface area contributed by atoms with Gasteiger partial charge in [-0.05, 0) is 67.8 Å². The minimum Gasteiger partial charge on any atom is -0.308 e. The molecule has 0 radical (unpaired) electrons. The average molecular weight is 431 g/mol. The Bertz CT molecular complexity index is 1280. The van der Waals surface area contributed by atoms with E-state index in [-0.39, 0.29) is 11.9 Å². The fourth-order valence-electron chi connectivity index (χ4n) is 3.25. The lowest BCUT2D eigenvalue weighted by Crippen LogP contribution is -2.20. The van der Waals surface area contributed by atoms with E-state index in [0.29, 0.717) is 16.4 Å². The van der Waals surface area contributed by atoms with Crippen molar-refractivity contribution in [3.63, 3.8) is 0 Å². The van der Waals surface area contributed by atoms with Crippen LogP contribution < -0.4 is 16.0 Å². The topological polar surface area (TPSA) is 83.1 Å². The number of anilines is 3. The van der Waals surface area contributed by atoms with Gasteiger partial charge in [0.05, 0.1) is 10.2 Å². The molecule has 0 aliphatic rings. The van der Waals surface area contributed by atoms with Crippen molar-refractivity contribution in [2.24, 2.45) is 0 Å². The largest absolute Gasteiger partial charge is 0.323 e. The minimum absolute atomic E-state index is 0.205. The number of nitrogens with zero attached hydrogens (tertiary/aromatic N) is 1. The van der Waals surface area contributed by atoms with Crippen molar-refractivity contribution in [1.29, 1.82) is 0 Å². The third kappa shape index (κ3) is 4.57. The first-order chi connectivity index (χ1) is 14.9. The number of urea groups is 1. The summed E-state index contributed by atoms with van der Waals surface area (Å²) in [6.45, 7) is 5.91. The third-order valence-electron chi connectivity index (χ3n) is 5.05. The Morgan fingerprint density at radius 2 is 1.61 bits per heavy atom. The molecule has 7 heteroatoms. The van der Waals surface area contributed by atoms with Crippen LogP contribution in [0.5, 0.6) is 0 Å². The molecule has 156 valence electrons. The predicted octanol–water partition coefficient (Wildman–Crippen LogP) is 6.12. The van der Waals surface area contributed by atoms with E-state index in [0.717, 1.165) is 32.6 Å². The minimum atomic E-state index is -0.311. The molecule has 1 heterocycles. The van der Waals surface area contributed by atoms with E-state index in [1.165, 1.54) is 11.3 Å². The van der Waals surface area contributed by atoms with Crippen LogP contribution in [0.1, 0.15) is 27.0 Å². The number of carbonyl (C=O) groups is 2. The van der Waals surface area contributed by atoms with Crippen LogP contribution in [0.25, 0.3) is 10.2 Å². The number of carbonyl (C=O) groups excluding carboxylic acids is 2. The average Bonchev–Trinajstić information content (AvgIpc) is 3.15. The van der Waals surface area contributed by atoms with Crippen LogP contribution in [0.3, 0.4) is 0 Å². The lowest BCUT2D eigenvalue weighted by atomic mass is 10.1. The number of benzene rings is 3. The van der Waals surface area contributed by atoms with Crippen molar-refractivity contribution in [1.82, 2.24) is 4.98 Å². The monoisotopic (exact) mass is 430 g/mol. The highest BCUT2D eigenvalue weighted by Crippen LogP contribution is 2.31. The van der Waals surface area contributed by atoms with Crippen LogP contribution >= 0.6 is 11.3 Å². The van der Waals surface area contributed by atoms with Gasteiger partial charge in [0.25, 0.3) is 5.91 Å². The zero-order valence-electron chi connectivity index (χ0n) is 17.4. The van der Waals surface area contributed by atoms with E-state index < -0.39 is 0 Å². The van der Waals surface area contributed by atoms with Gasteiger partial charge in [-0.2, -0.15) is 0 Å². The first-order valence-corrected chi connectivity index (χ1v) is 10.6. The number of thiazole rings is 1. The molecule has 0 fully saturated rings. The van der Waals surface area contributed by atoms with Crippen molar-refractivity contribution in [3.05, 3.63) is 82.9 Å². The number of amides is 3. The van der Waals surface area contributed by atoms with Gasteiger partial charge in [0, 0.05) is 16.9 Å². The van der Waals surface area contributed by atoms with E-state index in [9.17, 15) is 9.59 Å². The molecule has 0 aliphatic heterocycles. The molecular weight excluding hydrogens is 408 g/mol. The van der Waals surface area contributed by atoms with Crippen LogP contribution in [0.4, 0.5) is 21.3 Å². The standard InChI is InChI=1S/C24H22N4O2S/c1-14-8-7-11-19(16(14)3)26-23(30)25-18-12-15(2)21-20(13-18)31-24(27-21)28-22(29)17-9-5-4-6-10-17/h4-13H,1-3H3,(H2,25,26,30)(H,27,28,29). The second-order valence-corrected chi connectivity index (χ2v) is 8.34. The molecule has 6 nitrogen and oxygen atoms in total. The predicted molar refractivity (Wildman–Crippen MR) is 127 cm³/mol. The summed E-state index contributed by atoms with van der Waals surface area (Å²) in [6.07, 6.45) is 0. The van der Waals surface area contributed by atoms with Crippen molar-refractivity contribution >= 4 is 50.0 Å². The molecule has 0 aliphatic carbocycles. The summed E-state index contributed by atoms with van der Waals surface area (Å²) in [5, 5.41) is 9.15. The molecular formula is C24H22N4O2S. The lowest BCUT2D eigenvalue weighted by Gasteiger charge is -2.12. The molecule has 0 unspecified atom stereocenters. The van der Waals surface area contributed by atoms with E-state index in [1.54, 1.807) is 12.1 Å².